The van der Waals surface area contributed by atoms with Crippen molar-refractivity contribution in [3.63, 3.8) is 0 Å². The van der Waals surface area contributed by atoms with Crippen LogP contribution in [0.4, 0.5) is 0 Å². The average molecular weight is 962 g/mol. The highest BCUT2D eigenvalue weighted by atomic mass is 31.2. The topological polar surface area (TPSA) is 117 Å². The fraction of sp³-hybridized carbons (Fsp3) is 0.810. The van der Waals surface area contributed by atoms with E-state index in [0.29, 0.717) is 13.0 Å². The third kappa shape index (κ3) is 55.0. The quantitative estimate of drug-likeness (QED) is 0.0268. The molecule has 9 heteroatoms. The summed E-state index contributed by atoms with van der Waals surface area (Å²) in [5.74, 6) is -0.327. The zero-order chi connectivity index (χ0) is 48.7. The van der Waals surface area contributed by atoms with E-state index in [4.69, 9.17) is 24.3 Å². The molecule has 0 aliphatic rings. The van der Waals surface area contributed by atoms with Crippen molar-refractivity contribution in [3.05, 3.63) is 60.8 Å². The predicted octanol–water partition coefficient (Wildman–Crippen LogP) is 18.0. The lowest BCUT2D eigenvalue weighted by molar-refractivity contribution is -0.154. The lowest BCUT2D eigenvalue weighted by Gasteiger charge is -2.20. The fourth-order valence-corrected chi connectivity index (χ4v) is 8.85. The molecule has 0 aromatic rings. The molecule has 67 heavy (non-hydrogen) atoms. The molecule has 0 rings (SSSR count). The zero-order valence-electron chi connectivity index (χ0n) is 43.9. The van der Waals surface area contributed by atoms with E-state index in [2.05, 4.69) is 74.6 Å². The molecule has 2 unspecified atom stereocenters. The lowest BCUT2D eigenvalue weighted by Crippen LogP contribution is -2.28. The zero-order valence-corrected chi connectivity index (χ0v) is 44.8. The van der Waals surface area contributed by atoms with E-state index < -0.39 is 13.9 Å². The molecule has 0 aliphatic carbocycles. The first-order valence-corrected chi connectivity index (χ1v) is 29.8. The van der Waals surface area contributed by atoms with Crippen molar-refractivity contribution in [2.75, 3.05) is 33.0 Å². The molecule has 0 heterocycles. The van der Waals surface area contributed by atoms with Gasteiger partial charge in [-0.05, 0) is 57.8 Å². The number of allylic oxidation sites excluding steroid dienone is 10. The van der Waals surface area contributed by atoms with Gasteiger partial charge in [-0.25, -0.2) is 4.57 Å². The number of carbonyl (C=O) groups excluding carboxylic acids is 1. The van der Waals surface area contributed by atoms with E-state index in [1.54, 1.807) is 0 Å². The van der Waals surface area contributed by atoms with Crippen molar-refractivity contribution in [1.29, 1.82) is 0 Å². The van der Waals surface area contributed by atoms with E-state index >= 15 is 0 Å². The third-order valence-electron chi connectivity index (χ3n) is 12.2. The Morgan fingerprint density at radius 1 is 0.463 bits per heavy atom. The second-order valence-corrected chi connectivity index (χ2v) is 20.2. The van der Waals surface area contributed by atoms with Gasteiger partial charge >= 0.3 is 13.8 Å². The van der Waals surface area contributed by atoms with Gasteiger partial charge in [0.1, 0.15) is 6.10 Å². The molecule has 0 aromatic carbocycles. The van der Waals surface area contributed by atoms with Gasteiger partial charge in [0.05, 0.1) is 19.8 Å². The Morgan fingerprint density at radius 3 is 1.25 bits per heavy atom. The largest absolute Gasteiger partial charge is 0.472 e. The van der Waals surface area contributed by atoms with Crippen LogP contribution in [0.5, 0.6) is 0 Å². The van der Waals surface area contributed by atoms with E-state index in [0.717, 1.165) is 64.2 Å². The van der Waals surface area contributed by atoms with Gasteiger partial charge in [-0.1, -0.05) is 261 Å². The van der Waals surface area contributed by atoms with Crippen molar-refractivity contribution in [3.8, 4) is 0 Å². The van der Waals surface area contributed by atoms with Gasteiger partial charge in [-0.2, -0.15) is 0 Å². The molecule has 392 valence electrons. The summed E-state index contributed by atoms with van der Waals surface area (Å²) in [4.78, 5) is 22.7. The SMILES string of the molecule is CC/C=C\C/C=C\C/C=C\C/C=C\C/C=C\CCCCCCCCCCCCOCC(COP(=O)(O)OCCN)OC(=O)CCCCCCCCCCCCCCCCCCCCCCCC. The maximum atomic E-state index is 12.7. The number of rotatable bonds is 54. The van der Waals surface area contributed by atoms with Crippen LogP contribution in [0.15, 0.2) is 60.8 Å². The molecule has 0 amide bonds. The number of hydrogen-bond acceptors (Lipinski definition) is 7. The monoisotopic (exact) mass is 962 g/mol. The molecule has 0 bridgehead atoms. The van der Waals surface area contributed by atoms with Crippen LogP contribution < -0.4 is 5.73 Å². The first-order valence-electron chi connectivity index (χ1n) is 28.3. The van der Waals surface area contributed by atoms with Gasteiger partial charge in [-0.3, -0.25) is 13.8 Å². The summed E-state index contributed by atoms with van der Waals surface area (Å²) < 4.78 is 33.7. The molecule has 0 saturated carbocycles. The number of esters is 1. The number of phosphoric ester groups is 1. The Kier molecular flexibility index (Phi) is 53.7. The Labute approximate surface area is 414 Å². The van der Waals surface area contributed by atoms with Crippen molar-refractivity contribution >= 4 is 13.8 Å². The van der Waals surface area contributed by atoms with Gasteiger partial charge in [0.2, 0.25) is 0 Å². The molecule has 0 radical (unpaired) electrons. The van der Waals surface area contributed by atoms with Gasteiger partial charge in [-0.15, -0.1) is 0 Å². The van der Waals surface area contributed by atoms with E-state index in [-0.39, 0.29) is 32.3 Å². The maximum Gasteiger partial charge on any atom is 0.472 e. The van der Waals surface area contributed by atoms with Crippen LogP contribution >= 0.6 is 7.82 Å². The molecule has 0 saturated heterocycles. The van der Waals surface area contributed by atoms with Crippen LogP contribution in [-0.4, -0.2) is 49.9 Å². The minimum absolute atomic E-state index is 0.0966. The second-order valence-electron chi connectivity index (χ2n) is 18.8. The normalized spacial score (nSPS) is 13.7. The molecule has 0 fully saturated rings. The summed E-state index contributed by atoms with van der Waals surface area (Å²) in [5, 5.41) is 0. The van der Waals surface area contributed by atoms with Crippen molar-refractivity contribution in [2.45, 2.75) is 270 Å². The number of carbonyl (C=O) groups is 1. The fourth-order valence-electron chi connectivity index (χ4n) is 8.09. The van der Waals surface area contributed by atoms with Crippen LogP contribution in [0.25, 0.3) is 0 Å². The summed E-state index contributed by atoms with van der Waals surface area (Å²) in [5.41, 5.74) is 5.40. The molecule has 8 nitrogen and oxygen atoms in total. The molecule has 3 N–H and O–H groups in total. The van der Waals surface area contributed by atoms with Crippen LogP contribution in [0.3, 0.4) is 0 Å². The van der Waals surface area contributed by atoms with Gasteiger partial charge < -0.3 is 20.1 Å². The number of hydrogen-bond donors (Lipinski definition) is 2. The summed E-state index contributed by atoms with van der Waals surface area (Å²) in [7, 11) is -4.29. The van der Waals surface area contributed by atoms with E-state index in [1.807, 2.05) is 0 Å². The van der Waals surface area contributed by atoms with Crippen LogP contribution in [0.2, 0.25) is 0 Å². The first-order chi connectivity index (χ1) is 32.9. The van der Waals surface area contributed by atoms with Crippen molar-refractivity contribution in [1.82, 2.24) is 0 Å². The summed E-state index contributed by atoms with van der Waals surface area (Å²) in [6.45, 7) is 4.84. The van der Waals surface area contributed by atoms with Gasteiger partial charge in [0.15, 0.2) is 0 Å². The maximum absolute atomic E-state index is 12.7. The highest BCUT2D eigenvalue weighted by molar-refractivity contribution is 7.47. The number of nitrogens with two attached hydrogens (primary N) is 1. The summed E-state index contributed by atoms with van der Waals surface area (Å²) in [6.07, 6.45) is 69.8. The van der Waals surface area contributed by atoms with Crippen LogP contribution in [0.1, 0.15) is 264 Å². The van der Waals surface area contributed by atoms with Gasteiger partial charge in [0, 0.05) is 19.6 Å². The number of ether oxygens (including phenoxy) is 2. The van der Waals surface area contributed by atoms with Crippen LogP contribution in [0, 0.1) is 0 Å². The Balaban J connectivity index is 3.89. The Morgan fingerprint density at radius 2 is 0.836 bits per heavy atom. The second kappa shape index (κ2) is 55.1. The van der Waals surface area contributed by atoms with E-state index in [1.165, 1.54) is 180 Å². The molecule has 0 spiro atoms. The molecular weight excluding hydrogens is 854 g/mol. The number of phosphoric acid groups is 1. The highest BCUT2D eigenvalue weighted by Crippen LogP contribution is 2.43. The molecule has 2 atom stereocenters. The average Bonchev–Trinajstić information content (AvgIpc) is 3.32. The van der Waals surface area contributed by atoms with Crippen molar-refractivity contribution in [2.24, 2.45) is 5.73 Å². The summed E-state index contributed by atoms with van der Waals surface area (Å²) in [6, 6.07) is 0. The third-order valence-corrected chi connectivity index (χ3v) is 13.2. The van der Waals surface area contributed by atoms with E-state index in [9.17, 15) is 14.3 Å². The molecule has 0 aromatic heterocycles. The number of unbranched alkanes of at least 4 members (excludes halogenated alkanes) is 31. The molecule has 0 aliphatic heterocycles. The first kappa shape index (κ1) is 65.2. The minimum atomic E-state index is -4.29. The Bertz CT molecular complexity index is 1220. The van der Waals surface area contributed by atoms with Crippen molar-refractivity contribution < 1.29 is 32.8 Å². The Hall–Kier alpha value is -1.80. The molecular formula is C58H108NO7P. The smallest absolute Gasteiger partial charge is 0.457 e. The minimum Gasteiger partial charge on any atom is -0.457 e. The van der Waals surface area contributed by atoms with Gasteiger partial charge in [0.25, 0.3) is 0 Å². The lowest BCUT2D eigenvalue weighted by atomic mass is 10.0. The highest BCUT2D eigenvalue weighted by Gasteiger charge is 2.25. The predicted molar refractivity (Wildman–Crippen MR) is 289 cm³/mol. The summed E-state index contributed by atoms with van der Waals surface area (Å²) >= 11 is 0. The van der Waals surface area contributed by atoms with Crippen LogP contribution in [-0.2, 0) is 27.9 Å². The standard InChI is InChI=1S/C58H108NO7P/c1-3-5-7-9-11-13-15-17-19-21-23-25-27-28-29-30-32-34-36-38-40-42-44-46-48-50-53-63-55-57(56-65-67(61,62)64-54-52-59)66-58(60)51-49-47-45-43-41-39-37-35-33-31-26-24-22-20-18-16-14-12-10-8-6-4-2/h5,7,11,13,17,19,23,25,28-29,57H,3-4,6,8-10,12,14-16,18,20-22,24,26-27,30-56,59H2,1-2H3,(H,61,62)/b7-5-,13-11-,19-17-,25-23-,29-28-.